The third kappa shape index (κ3) is 4.65. The van der Waals surface area contributed by atoms with Gasteiger partial charge in [0.15, 0.2) is 0 Å². The lowest BCUT2D eigenvalue weighted by molar-refractivity contribution is -0.153. The van der Waals surface area contributed by atoms with Gasteiger partial charge < -0.3 is 10.2 Å². The molecule has 0 spiro atoms. The van der Waals surface area contributed by atoms with Gasteiger partial charge in [0.05, 0.1) is 0 Å². The Kier molecular flexibility index (Phi) is 4.94. The molecule has 1 heterocycles. The normalized spacial score (nSPS) is 28.9. The first-order valence-electron chi connectivity index (χ1n) is 7.42. The highest BCUT2D eigenvalue weighted by Gasteiger charge is 2.37. The van der Waals surface area contributed by atoms with E-state index >= 15 is 0 Å². The van der Waals surface area contributed by atoms with Crippen LogP contribution in [0.4, 0.5) is 13.2 Å². The quantitative estimate of drug-likeness (QED) is 0.867. The van der Waals surface area contributed by atoms with Gasteiger partial charge in [0.25, 0.3) is 0 Å². The van der Waals surface area contributed by atoms with Crippen LogP contribution in [-0.4, -0.2) is 42.2 Å². The minimum Gasteiger partial charge on any atom is -0.341 e. The van der Waals surface area contributed by atoms with Gasteiger partial charge in [0.1, 0.15) is 0 Å². The van der Waals surface area contributed by atoms with E-state index in [1.807, 2.05) is 0 Å². The number of carbonyl (C=O) groups is 1. The fourth-order valence-electron chi connectivity index (χ4n) is 3.48. The highest BCUT2D eigenvalue weighted by molar-refractivity contribution is 5.73. The first kappa shape index (κ1) is 15.6. The van der Waals surface area contributed by atoms with Crippen LogP contribution in [0.5, 0.6) is 0 Å². The van der Waals surface area contributed by atoms with E-state index in [0.29, 0.717) is 19.0 Å². The molecule has 20 heavy (non-hydrogen) atoms. The molecule has 1 saturated heterocycles. The van der Waals surface area contributed by atoms with Crippen molar-refractivity contribution in [3.63, 3.8) is 0 Å². The van der Waals surface area contributed by atoms with E-state index < -0.39 is 18.5 Å². The van der Waals surface area contributed by atoms with Crippen LogP contribution in [0, 0.1) is 5.92 Å². The molecule has 1 aliphatic heterocycles. The zero-order valence-electron chi connectivity index (χ0n) is 11.9. The summed E-state index contributed by atoms with van der Waals surface area (Å²) in [5.74, 6) is -0.610. The largest absolute Gasteiger partial charge is 0.389 e. The van der Waals surface area contributed by atoms with Crippen molar-refractivity contribution in [2.45, 2.75) is 63.7 Å². The monoisotopic (exact) mass is 292 g/mol. The second-order valence-electron chi connectivity index (χ2n) is 6.19. The van der Waals surface area contributed by atoms with Gasteiger partial charge in [-0.25, -0.2) is 0 Å². The zero-order valence-corrected chi connectivity index (χ0v) is 11.9. The van der Waals surface area contributed by atoms with Crippen LogP contribution in [0.2, 0.25) is 0 Å². The lowest BCUT2D eigenvalue weighted by Crippen LogP contribution is -2.53. The van der Waals surface area contributed by atoms with E-state index in [4.69, 9.17) is 0 Å². The number of nitrogens with one attached hydrogen (secondary N) is 1. The highest BCUT2D eigenvalue weighted by Crippen LogP contribution is 2.31. The summed E-state index contributed by atoms with van der Waals surface area (Å²) in [6, 6.07) is 0.418. The molecule has 0 radical (unpaired) electrons. The molecule has 6 heteroatoms. The number of rotatable bonds is 3. The second-order valence-corrected chi connectivity index (χ2v) is 6.19. The molecule has 1 N–H and O–H groups in total. The topological polar surface area (TPSA) is 32.3 Å². The molecule has 1 amide bonds. The van der Waals surface area contributed by atoms with Gasteiger partial charge in [-0.15, -0.1) is 0 Å². The fourth-order valence-corrected chi connectivity index (χ4v) is 3.48. The van der Waals surface area contributed by atoms with Crippen molar-refractivity contribution < 1.29 is 18.0 Å². The minimum atomic E-state index is -4.15. The molecule has 0 aromatic heterocycles. The molecule has 2 aliphatic rings. The molecular formula is C14H23F3N2O. The standard InChI is InChI=1S/C14H23F3N2O/c1-10(20)19-8-11(7-14(15,16)17)6-13(9-19)18-12-4-2-3-5-12/h11-13,18H,2-9H2,1H3. The first-order chi connectivity index (χ1) is 9.33. The molecule has 2 rings (SSSR count). The molecule has 3 nitrogen and oxygen atoms in total. The second kappa shape index (κ2) is 6.33. The van der Waals surface area contributed by atoms with E-state index in [2.05, 4.69) is 5.32 Å². The summed E-state index contributed by atoms with van der Waals surface area (Å²) in [6.07, 6.45) is 0.141. The van der Waals surface area contributed by atoms with Crippen LogP contribution in [0.1, 0.15) is 45.4 Å². The molecule has 2 fully saturated rings. The summed E-state index contributed by atoms with van der Waals surface area (Å²) >= 11 is 0. The average molecular weight is 292 g/mol. The van der Waals surface area contributed by atoms with E-state index in [-0.39, 0.29) is 18.5 Å². The molecule has 1 saturated carbocycles. The summed E-state index contributed by atoms with van der Waals surface area (Å²) in [7, 11) is 0. The van der Waals surface area contributed by atoms with Crippen LogP contribution in [0.25, 0.3) is 0 Å². The minimum absolute atomic E-state index is 0.00287. The number of likely N-dealkylation sites (tertiary alicyclic amines) is 1. The SMILES string of the molecule is CC(=O)N1CC(CC(F)(F)F)CC(NC2CCCC2)C1. The van der Waals surface area contributed by atoms with Crippen molar-refractivity contribution in [1.82, 2.24) is 10.2 Å². The molecular weight excluding hydrogens is 269 g/mol. The van der Waals surface area contributed by atoms with Crippen LogP contribution in [0.3, 0.4) is 0 Å². The predicted octanol–water partition coefficient (Wildman–Crippen LogP) is 2.71. The van der Waals surface area contributed by atoms with Crippen molar-refractivity contribution >= 4 is 5.91 Å². The number of amides is 1. The third-order valence-corrected chi connectivity index (χ3v) is 4.33. The predicted molar refractivity (Wildman–Crippen MR) is 70.2 cm³/mol. The molecule has 2 atom stereocenters. The maximum atomic E-state index is 12.6. The van der Waals surface area contributed by atoms with E-state index in [0.717, 1.165) is 12.8 Å². The lowest BCUT2D eigenvalue weighted by Gasteiger charge is -2.39. The Labute approximate surface area is 117 Å². The van der Waals surface area contributed by atoms with Gasteiger partial charge in [-0.1, -0.05) is 12.8 Å². The smallest absolute Gasteiger partial charge is 0.341 e. The first-order valence-corrected chi connectivity index (χ1v) is 7.42. The Balaban J connectivity index is 1.94. The van der Waals surface area contributed by atoms with Gasteiger partial charge in [0, 0.05) is 38.5 Å². The molecule has 1 aliphatic carbocycles. The number of alkyl halides is 3. The number of nitrogens with zero attached hydrogens (tertiary/aromatic N) is 1. The maximum absolute atomic E-state index is 12.6. The maximum Gasteiger partial charge on any atom is 0.389 e. The average Bonchev–Trinajstić information content (AvgIpc) is 2.78. The molecule has 0 aromatic rings. The molecule has 2 unspecified atom stereocenters. The Morgan fingerprint density at radius 3 is 2.40 bits per heavy atom. The van der Waals surface area contributed by atoms with E-state index in [1.54, 1.807) is 4.90 Å². The third-order valence-electron chi connectivity index (χ3n) is 4.33. The van der Waals surface area contributed by atoms with Gasteiger partial charge in [0.2, 0.25) is 5.91 Å². The Morgan fingerprint density at radius 1 is 1.20 bits per heavy atom. The zero-order chi connectivity index (χ0) is 14.8. The van der Waals surface area contributed by atoms with Crippen LogP contribution in [-0.2, 0) is 4.79 Å². The van der Waals surface area contributed by atoms with Crippen LogP contribution >= 0.6 is 0 Å². The number of piperidine rings is 1. The Hall–Kier alpha value is -0.780. The van der Waals surface area contributed by atoms with Crippen molar-refractivity contribution in [3.8, 4) is 0 Å². The molecule has 116 valence electrons. The molecule has 0 aromatic carbocycles. The van der Waals surface area contributed by atoms with Gasteiger partial charge in [-0.2, -0.15) is 13.2 Å². The van der Waals surface area contributed by atoms with Gasteiger partial charge >= 0.3 is 6.18 Å². The number of hydrogen-bond donors (Lipinski definition) is 1. The van der Waals surface area contributed by atoms with Crippen molar-refractivity contribution in [2.24, 2.45) is 5.92 Å². The van der Waals surface area contributed by atoms with Crippen LogP contribution in [0.15, 0.2) is 0 Å². The van der Waals surface area contributed by atoms with Crippen molar-refractivity contribution in [3.05, 3.63) is 0 Å². The van der Waals surface area contributed by atoms with Crippen LogP contribution < -0.4 is 5.32 Å². The van der Waals surface area contributed by atoms with Crippen molar-refractivity contribution in [2.75, 3.05) is 13.1 Å². The highest BCUT2D eigenvalue weighted by atomic mass is 19.4. The summed E-state index contributed by atoms with van der Waals surface area (Å²) in [5, 5.41) is 3.46. The van der Waals surface area contributed by atoms with Gasteiger partial charge in [-0.3, -0.25) is 4.79 Å². The summed E-state index contributed by atoms with van der Waals surface area (Å²) in [6.45, 7) is 2.21. The number of halogens is 3. The van der Waals surface area contributed by atoms with Gasteiger partial charge in [-0.05, 0) is 25.2 Å². The molecule has 0 bridgehead atoms. The lowest BCUT2D eigenvalue weighted by atomic mass is 9.90. The fraction of sp³-hybridized carbons (Fsp3) is 0.929. The number of hydrogen-bond acceptors (Lipinski definition) is 2. The number of carbonyl (C=O) groups excluding carboxylic acids is 1. The van der Waals surface area contributed by atoms with E-state index in [9.17, 15) is 18.0 Å². The van der Waals surface area contributed by atoms with Crippen molar-refractivity contribution in [1.29, 1.82) is 0 Å². The summed E-state index contributed by atoms with van der Waals surface area (Å²) in [5.41, 5.74) is 0. The van der Waals surface area contributed by atoms with E-state index in [1.165, 1.54) is 19.8 Å². The summed E-state index contributed by atoms with van der Waals surface area (Å²) < 4.78 is 37.7. The Morgan fingerprint density at radius 2 is 1.85 bits per heavy atom. The summed E-state index contributed by atoms with van der Waals surface area (Å²) in [4.78, 5) is 13.1. The Bertz CT molecular complexity index is 340.